The molecule has 4 rings (SSSR count). The summed E-state index contributed by atoms with van der Waals surface area (Å²) in [6.45, 7) is 0. The smallest absolute Gasteiger partial charge is 0.234 e. The van der Waals surface area contributed by atoms with E-state index >= 15 is 0 Å². The number of aromatic nitrogens is 4. The van der Waals surface area contributed by atoms with Gasteiger partial charge in [-0.2, -0.15) is 0 Å². The Kier molecular flexibility index (Phi) is 7.11. The number of pyridine rings is 1. The van der Waals surface area contributed by atoms with E-state index in [-0.39, 0.29) is 17.6 Å². The van der Waals surface area contributed by atoms with Gasteiger partial charge < -0.3 is 15.2 Å². The number of anilines is 2. The second-order valence-electron chi connectivity index (χ2n) is 7.23. The van der Waals surface area contributed by atoms with Crippen LogP contribution in [-0.2, 0) is 23.1 Å². The number of rotatable bonds is 8. The Bertz CT molecular complexity index is 1230. The lowest BCUT2D eigenvalue weighted by atomic mass is 10.1. The molecule has 166 valence electrons. The minimum Gasteiger partial charge on any atom is -0.326 e. The van der Waals surface area contributed by atoms with Crippen LogP contribution >= 0.6 is 11.8 Å². The Hall–Kier alpha value is -3.98. The monoisotopic (exact) mass is 458 g/mol. The highest BCUT2D eigenvalue weighted by molar-refractivity contribution is 7.99. The van der Waals surface area contributed by atoms with Crippen molar-refractivity contribution in [1.29, 1.82) is 0 Å². The van der Waals surface area contributed by atoms with E-state index in [1.54, 1.807) is 36.7 Å². The van der Waals surface area contributed by atoms with Crippen LogP contribution in [-0.4, -0.2) is 37.3 Å². The minimum absolute atomic E-state index is 0.0933. The lowest BCUT2D eigenvalue weighted by Crippen LogP contribution is -2.15. The van der Waals surface area contributed by atoms with Crippen molar-refractivity contribution in [3.8, 4) is 11.4 Å². The molecular formula is C24H22N6O2S. The first-order chi connectivity index (χ1) is 16.1. The molecule has 33 heavy (non-hydrogen) atoms. The Balaban J connectivity index is 1.27. The third kappa shape index (κ3) is 6.05. The highest BCUT2D eigenvalue weighted by atomic mass is 32.2. The van der Waals surface area contributed by atoms with E-state index < -0.39 is 0 Å². The molecule has 0 aliphatic carbocycles. The molecule has 0 saturated carbocycles. The fourth-order valence-electron chi connectivity index (χ4n) is 3.14. The van der Waals surface area contributed by atoms with Gasteiger partial charge in [0.25, 0.3) is 0 Å². The van der Waals surface area contributed by atoms with Gasteiger partial charge in [0.1, 0.15) is 0 Å². The topological polar surface area (TPSA) is 102 Å². The van der Waals surface area contributed by atoms with E-state index in [9.17, 15) is 9.59 Å². The molecule has 0 saturated heterocycles. The van der Waals surface area contributed by atoms with E-state index in [4.69, 9.17) is 0 Å². The van der Waals surface area contributed by atoms with Gasteiger partial charge in [0.2, 0.25) is 11.8 Å². The van der Waals surface area contributed by atoms with Gasteiger partial charge in [0.15, 0.2) is 11.0 Å². The maximum absolute atomic E-state index is 12.4. The van der Waals surface area contributed by atoms with Gasteiger partial charge in [0, 0.05) is 36.4 Å². The van der Waals surface area contributed by atoms with Crippen LogP contribution in [0.25, 0.3) is 11.4 Å². The maximum Gasteiger partial charge on any atom is 0.234 e. The molecule has 0 unspecified atom stereocenters. The summed E-state index contributed by atoms with van der Waals surface area (Å²) >= 11 is 1.31. The molecule has 8 nitrogen and oxygen atoms in total. The molecule has 0 bridgehead atoms. The zero-order valence-corrected chi connectivity index (χ0v) is 18.7. The number of thioether (sulfide) groups is 1. The van der Waals surface area contributed by atoms with E-state index in [1.807, 2.05) is 54.1 Å². The van der Waals surface area contributed by atoms with E-state index in [1.165, 1.54) is 11.8 Å². The second-order valence-corrected chi connectivity index (χ2v) is 8.17. The lowest BCUT2D eigenvalue weighted by molar-refractivity contribution is -0.115. The Morgan fingerprint density at radius 2 is 1.48 bits per heavy atom. The number of carbonyl (C=O) groups excluding carboxylic acids is 2. The largest absolute Gasteiger partial charge is 0.326 e. The van der Waals surface area contributed by atoms with Crippen LogP contribution < -0.4 is 10.6 Å². The van der Waals surface area contributed by atoms with Crippen molar-refractivity contribution in [2.45, 2.75) is 11.6 Å². The molecular weight excluding hydrogens is 436 g/mol. The van der Waals surface area contributed by atoms with E-state index in [0.29, 0.717) is 28.8 Å². The average molecular weight is 459 g/mol. The van der Waals surface area contributed by atoms with Crippen molar-refractivity contribution >= 4 is 35.0 Å². The number of hydrogen-bond acceptors (Lipinski definition) is 6. The highest BCUT2D eigenvalue weighted by Gasteiger charge is 2.13. The average Bonchev–Trinajstić information content (AvgIpc) is 3.20. The summed E-state index contributed by atoms with van der Waals surface area (Å²) in [6, 6.07) is 20.3. The fraction of sp³-hybridized carbons (Fsp3) is 0.125. The minimum atomic E-state index is -0.158. The van der Waals surface area contributed by atoms with Crippen molar-refractivity contribution < 1.29 is 9.59 Å². The first-order valence-electron chi connectivity index (χ1n) is 10.2. The van der Waals surface area contributed by atoms with E-state index in [2.05, 4.69) is 25.8 Å². The fourth-order valence-corrected chi connectivity index (χ4v) is 3.85. The van der Waals surface area contributed by atoms with Gasteiger partial charge in [0.05, 0.1) is 12.2 Å². The standard InChI is InChI=1S/C24H22N6O2S/c1-30-23(18-11-13-25-14-12-18)28-29-24(30)33-16-22(32)27-20-9-7-19(8-10-20)26-21(31)15-17-5-3-2-4-6-17/h2-14H,15-16H2,1H3,(H,26,31)(H,27,32). The summed E-state index contributed by atoms with van der Waals surface area (Å²) in [5.74, 6) is 0.654. The Morgan fingerprint density at radius 1 is 0.848 bits per heavy atom. The molecule has 2 aromatic carbocycles. The van der Waals surface area contributed by atoms with Crippen LogP contribution in [0.2, 0.25) is 0 Å². The van der Waals surface area contributed by atoms with Crippen LogP contribution in [0.3, 0.4) is 0 Å². The number of nitrogens with one attached hydrogen (secondary N) is 2. The normalized spacial score (nSPS) is 10.6. The zero-order valence-electron chi connectivity index (χ0n) is 17.9. The third-order valence-electron chi connectivity index (χ3n) is 4.77. The van der Waals surface area contributed by atoms with Gasteiger partial charge >= 0.3 is 0 Å². The molecule has 9 heteroatoms. The zero-order chi connectivity index (χ0) is 23.0. The first kappa shape index (κ1) is 22.2. The first-order valence-corrected chi connectivity index (χ1v) is 11.2. The summed E-state index contributed by atoms with van der Waals surface area (Å²) in [4.78, 5) is 28.6. The Morgan fingerprint density at radius 3 is 2.15 bits per heavy atom. The van der Waals surface area contributed by atoms with Gasteiger partial charge in [-0.1, -0.05) is 42.1 Å². The predicted molar refractivity (Wildman–Crippen MR) is 129 cm³/mol. The quantitative estimate of drug-likeness (QED) is 0.390. The van der Waals surface area contributed by atoms with E-state index in [0.717, 1.165) is 11.1 Å². The van der Waals surface area contributed by atoms with Crippen LogP contribution in [0.5, 0.6) is 0 Å². The number of hydrogen-bond donors (Lipinski definition) is 2. The van der Waals surface area contributed by atoms with Gasteiger partial charge in [-0.3, -0.25) is 14.6 Å². The molecule has 0 aliphatic rings. The molecule has 2 N–H and O–H groups in total. The maximum atomic E-state index is 12.4. The van der Waals surface area contributed by atoms with Crippen molar-refractivity contribution in [3.63, 3.8) is 0 Å². The summed E-state index contributed by atoms with van der Waals surface area (Å²) in [7, 11) is 1.86. The van der Waals surface area contributed by atoms with Crippen molar-refractivity contribution in [3.05, 3.63) is 84.7 Å². The molecule has 2 aromatic heterocycles. The number of benzene rings is 2. The molecule has 0 aliphatic heterocycles. The summed E-state index contributed by atoms with van der Waals surface area (Å²) in [5, 5.41) is 14.7. The molecule has 0 spiro atoms. The Labute approximate surface area is 195 Å². The molecule has 0 atom stereocenters. The number of carbonyl (C=O) groups is 2. The summed E-state index contributed by atoms with van der Waals surface area (Å²) in [5.41, 5.74) is 3.18. The SMILES string of the molecule is Cn1c(SCC(=O)Nc2ccc(NC(=O)Cc3ccccc3)cc2)nnc1-c1ccncc1. The van der Waals surface area contributed by atoms with Gasteiger partial charge in [-0.15, -0.1) is 10.2 Å². The second kappa shape index (κ2) is 10.6. The van der Waals surface area contributed by atoms with Crippen LogP contribution in [0.15, 0.2) is 84.3 Å². The molecule has 0 radical (unpaired) electrons. The third-order valence-corrected chi connectivity index (χ3v) is 5.79. The molecule has 0 fully saturated rings. The molecule has 2 amide bonds. The van der Waals surface area contributed by atoms with Crippen LogP contribution in [0.1, 0.15) is 5.56 Å². The summed E-state index contributed by atoms with van der Waals surface area (Å²) in [6.07, 6.45) is 3.70. The van der Waals surface area contributed by atoms with Gasteiger partial charge in [-0.25, -0.2) is 0 Å². The number of nitrogens with zero attached hydrogens (tertiary/aromatic N) is 4. The number of amides is 2. The van der Waals surface area contributed by atoms with Crippen molar-refractivity contribution in [2.24, 2.45) is 7.05 Å². The highest BCUT2D eigenvalue weighted by Crippen LogP contribution is 2.22. The van der Waals surface area contributed by atoms with Crippen molar-refractivity contribution in [1.82, 2.24) is 19.7 Å². The van der Waals surface area contributed by atoms with Crippen LogP contribution in [0, 0.1) is 0 Å². The summed E-state index contributed by atoms with van der Waals surface area (Å²) < 4.78 is 1.85. The van der Waals surface area contributed by atoms with Crippen molar-refractivity contribution in [2.75, 3.05) is 16.4 Å². The molecule has 2 heterocycles. The van der Waals surface area contributed by atoms with Gasteiger partial charge in [-0.05, 0) is 42.0 Å². The molecule has 4 aromatic rings. The van der Waals surface area contributed by atoms with Crippen LogP contribution in [0.4, 0.5) is 11.4 Å². The predicted octanol–water partition coefficient (Wildman–Crippen LogP) is 3.79. The lowest BCUT2D eigenvalue weighted by Gasteiger charge is -2.08.